The molecule has 1 amide bonds. The third-order valence-corrected chi connectivity index (χ3v) is 1.47. The quantitative estimate of drug-likeness (QED) is 0.600. The lowest BCUT2D eigenvalue weighted by molar-refractivity contribution is -0.141. The first kappa shape index (κ1) is 10.7. The lowest BCUT2D eigenvalue weighted by Crippen LogP contribution is -2.18. The van der Waals surface area contributed by atoms with Crippen LogP contribution in [0.1, 0.15) is 13.8 Å². The van der Waals surface area contributed by atoms with Crippen LogP contribution in [-0.4, -0.2) is 17.0 Å². The summed E-state index contributed by atoms with van der Waals surface area (Å²) in [4.78, 5) is 20.8. The summed E-state index contributed by atoms with van der Waals surface area (Å²) in [6.45, 7) is 3.54. The van der Waals surface area contributed by atoms with E-state index in [-0.39, 0.29) is 5.92 Å². The Hall–Kier alpha value is -1.32. The molecule has 1 atom stereocenters. The maximum absolute atomic E-state index is 10.6. The largest absolute Gasteiger partial charge is 0.481 e. The van der Waals surface area contributed by atoms with Gasteiger partial charge in [0.1, 0.15) is 0 Å². The molecule has 0 aliphatic rings. The summed E-state index contributed by atoms with van der Waals surface area (Å²) in [5, 5.41) is 8.65. The number of hydrogen-bond acceptors (Lipinski definition) is 2. The zero-order valence-electron chi connectivity index (χ0n) is 7.15. The Bertz CT molecular complexity index is 208. The molecule has 0 aromatic rings. The molecule has 0 aliphatic heterocycles. The molecule has 0 spiro atoms. The standard InChI is InChI=1S/C8H13NO3/c1-5(2)6(8(11)12)3-4-7(9)10/h3-6H,1-2H3,(H2,9,10)(H,11,12)/b4-3+. The van der Waals surface area contributed by atoms with Crippen molar-refractivity contribution in [3.8, 4) is 0 Å². The summed E-state index contributed by atoms with van der Waals surface area (Å²) in [5.74, 6) is -2.25. The van der Waals surface area contributed by atoms with Crippen LogP contribution in [0.3, 0.4) is 0 Å². The lowest BCUT2D eigenvalue weighted by Gasteiger charge is -2.10. The van der Waals surface area contributed by atoms with Gasteiger partial charge in [0.05, 0.1) is 5.92 Å². The van der Waals surface area contributed by atoms with Crippen LogP contribution in [0.4, 0.5) is 0 Å². The van der Waals surface area contributed by atoms with Gasteiger partial charge in [0.2, 0.25) is 5.91 Å². The van der Waals surface area contributed by atoms with Gasteiger partial charge in [-0.05, 0) is 12.0 Å². The first-order chi connectivity index (χ1) is 5.45. The van der Waals surface area contributed by atoms with Gasteiger partial charge >= 0.3 is 5.97 Å². The monoisotopic (exact) mass is 171 g/mol. The van der Waals surface area contributed by atoms with Crippen LogP contribution in [0.2, 0.25) is 0 Å². The minimum Gasteiger partial charge on any atom is -0.481 e. The van der Waals surface area contributed by atoms with E-state index in [4.69, 9.17) is 10.8 Å². The van der Waals surface area contributed by atoms with E-state index in [0.29, 0.717) is 0 Å². The van der Waals surface area contributed by atoms with Gasteiger partial charge in [0.25, 0.3) is 0 Å². The highest BCUT2D eigenvalue weighted by Gasteiger charge is 2.17. The SMILES string of the molecule is CC(C)C(/C=C/C(N)=O)C(=O)O. The van der Waals surface area contributed by atoms with Crippen LogP contribution >= 0.6 is 0 Å². The molecule has 0 radical (unpaired) electrons. The number of amides is 1. The first-order valence-electron chi connectivity index (χ1n) is 3.65. The molecule has 0 saturated carbocycles. The smallest absolute Gasteiger partial charge is 0.310 e. The summed E-state index contributed by atoms with van der Waals surface area (Å²) in [5.41, 5.74) is 4.82. The van der Waals surface area contributed by atoms with Crippen molar-refractivity contribution < 1.29 is 14.7 Å². The number of hydrogen-bond donors (Lipinski definition) is 2. The Morgan fingerprint density at radius 2 is 1.92 bits per heavy atom. The molecule has 0 aliphatic carbocycles. The number of carboxylic acid groups (broad SMARTS) is 1. The Balaban J connectivity index is 4.33. The topological polar surface area (TPSA) is 80.4 Å². The van der Waals surface area contributed by atoms with Gasteiger partial charge in [-0.25, -0.2) is 0 Å². The Morgan fingerprint density at radius 3 is 2.17 bits per heavy atom. The Labute approximate surface area is 71.1 Å². The molecule has 12 heavy (non-hydrogen) atoms. The highest BCUT2D eigenvalue weighted by atomic mass is 16.4. The minimum atomic E-state index is -0.942. The molecule has 4 heteroatoms. The Kier molecular flexibility index (Phi) is 4.04. The second-order valence-corrected chi connectivity index (χ2v) is 2.87. The van der Waals surface area contributed by atoms with E-state index in [9.17, 15) is 9.59 Å². The molecule has 0 heterocycles. The molecule has 0 fully saturated rings. The fourth-order valence-electron chi connectivity index (χ4n) is 0.788. The van der Waals surface area contributed by atoms with Crippen molar-refractivity contribution in [2.75, 3.05) is 0 Å². The van der Waals surface area contributed by atoms with E-state index in [0.717, 1.165) is 6.08 Å². The van der Waals surface area contributed by atoms with Crippen molar-refractivity contribution in [3.63, 3.8) is 0 Å². The van der Waals surface area contributed by atoms with E-state index in [1.165, 1.54) is 6.08 Å². The second kappa shape index (κ2) is 4.54. The first-order valence-corrected chi connectivity index (χ1v) is 3.65. The van der Waals surface area contributed by atoms with Crippen LogP contribution in [0.5, 0.6) is 0 Å². The zero-order valence-corrected chi connectivity index (χ0v) is 7.15. The van der Waals surface area contributed by atoms with Crippen LogP contribution < -0.4 is 5.73 Å². The molecule has 0 aromatic carbocycles. The summed E-state index contributed by atoms with van der Waals surface area (Å²) >= 11 is 0. The highest BCUT2D eigenvalue weighted by Crippen LogP contribution is 2.12. The van der Waals surface area contributed by atoms with Crippen LogP contribution in [-0.2, 0) is 9.59 Å². The van der Waals surface area contributed by atoms with Gasteiger partial charge in [-0.1, -0.05) is 19.9 Å². The van der Waals surface area contributed by atoms with Gasteiger partial charge in [-0.2, -0.15) is 0 Å². The van der Waals surface area contributed by atoms with Gasteiger partial charge in [-0.15, -0.1) is 0 Å². The average molecular weight is 171 g/mol. The third-order valence-electron chi connectivity index (χ3n) is 1.47. The normalized spacial score (nSPS) is 13.6. The predicted octanol–water partition coefficient (Wildman–Crippen LogP) is 0.385. The molecule has 0 bridgehead atoms. The molecule has 4 nitrogen and oxygen atoms in total. The van der Waals surface area contributed by atoms with Crippen molar-refractivity contribution in [1.82, 2.24) is 0 Å². The number of carbonyl (C=O) groups is 2. The molecular formula is C8H13NO3. The van der Waals surface area contributed by atoms with Crippen LogP contribution in [0, 0.1) is 11.8 Å². The highest BCUT2D eigenvalue weighted by molar-refractivity contribution is 5.86. The number of primary amides is 1. The average Bonchev–Trinajstić information content (AvgIpc) is 1.84. The number of carbonyl (C=O) groups excluding carboxylic acids is 1. The van der Waals surface area contributed by atoms with E-state index in [1.807, 2.05) is 0 Å². The van der Waals surface area contributed by atoms with Crippen molar-refractivity contribution in [2.45, 2.75) is 13.8 Å². The minimum absolute atomic E-state index is 0.0434. The van der Waals surface area contributed by atoms with E-state index in [2.05, 4.69) is 0 Å². The molecule has 0 rings (SSSR count). The van der Waals surface area contributed by atoms with Crippen molar-refractivity contribution >= 4 is 11.9 Å². The molecule has 0 saturated heterocycles. The molecule has 3 N–H and O–H groups in total. The number of rotatable bonds is 4. The van der Waals surface area contributed by atoms with Crippen molar-refractivity contribution in [2.24, 2.45) is 17.6 Å². The van der Waals surface area contributed by atoms with Crippen LogP contribution in [0.25, 0.3) is 0 Å². The second-order valence-electron chi connectivity index (χ2n) is 2.87. The molecule has 1 unspecified atom stereocenters. The zero-order chi connectivity index (χ0) is 9.72. The van der Waals surface area contributed by atoms with Gasteiger partial charge in [0, 0.05) is 0 Å². The number of nitrogens with two attached hydrogens (primary N) is 1. The number of carboxylic acids is 1. The van der Waals surface area contributed by atoms with Crippen molar-refractivity contribution in [3.05, 3.63) is 12.2 Å². The maximum atomic E-state index is 10.6. The van der Waals surface area contributed by atoms with Gasteiger partial charge in [0.15, 0.2) is 0 Å². The predicted molar refractivity (Wildman–Crippen MR) is 44.3 cm³/mol. The third kappa shape index (κ3) is 3.75. The van der Waals surface area contributed by atoms with Crippen LogP contribution in [0.15, 0.2) is 12.2 Å². The van der Waals surface area contributed by atoms with Gasteiger partial charge in [-0.3, -0.25) is 9.59 Å². The molecular weight excluding hydrogens is 158 g/mol. The summed E-state index contributed by atoms with van der Waals surface area (Å²) in [6.07, 6.45) is 2.40. The van der Waals surface area contributed by atoms with Crippen molar-refractivity contribution in [1.29, 1.82) is 0 Å². The fourth-order valence-corrected chi connectivity index (χ4v) is 0.788. The summed E-state index contributed by atoms with van der Waals surface area (Å²) < 4.78 is 0. The number of aliphatic carboxylic acids is 1. The maximum Gasteiger partial charge on any atom is 0.310 e. The van der Waals surface area contributed by atoms with E-state index >= 15 is 0 Å². The molecule has 68 valence electrons. The lowest BCUT2D eigenvalue weighted by atomic mass is 9.96. The summed E-state index contributed by atoms with van der Waals surface area (Å²) in [7, 11) is 0. The molecule has 0 aromatic heterocycles. The van der Waals surface area contributed by atoms with E-state index < -0.39 is 17.8 Å². The Morgan fingerprint density at radius 1 is 1.42 bits per heavy atom. The summed E-state index contributed by atoms with van der Waals surface area (Å²) in [6, 6.07) is 0. The van der Waals surface area contributed by atoms with Gasteiger partial charge < -0.3 is 10.8 Å². The van der Waals surface area contributed by atoms with E-state index in [1.54, 1.807) is 13.8 Å². The fraction of sp³-hybridized carbons (Fsp3) is 0.500.